The first-order valence-electron chi connectivity index (χ1n) is 41.8. The van der Waals surface area contributed by atoms with Gasteiger partial charge in [-0.1, -0.05) is 21.8 Å². The van der Waals surface area contributed by atoms with Crippen molar-refractivity contribution in [1.82, 2.24) is 14.3 Å². The molecule has 14 aromatic rings. The van der Waals surface area contributed by atoms with Gasteiger partial charge >= 0.3 is 36.7 Å². The van der Waals surface area contributed by atoms with E-state index in [0.29, 0.717) is 28.2 Å². The first-order valence-corrected chi connectivity index (χ1v) is 49.1. The lowest BCUT2D eigenvalue weighted by atomic mass is 10.1. The zero-order valence-corrected chi connectivity index (χ0v) is 94.0. The van der Waals surface area contributed by atoms with Crippen molar-refractivity contribution in [1.29, 1.82) is 5.26 Å². The summed E-state index contributed by atoms with van der Waals surface area (Å²) >= 11 is 15.2. The minimum atomic E-state index is -3.72. The fourth-order valence-corrected chi connectivity index (χ4v) is 15.7. The number of nitriles is 1. The molecule has 1 saturated heterocycles. The minimum Gasteiger partial charge on any atom is -1.00 e. The largest absolute Gasteiger partial charge is 1.00 e. The van der Waals surface area contributed by atoms with E-state index >= 15 is 0 Å². The Balaban J connectivity index is 0.000000551. The van der Waals surface area contributed by atoms with E-state index in [0.717, 1.165) is 131 Å². The maximum absolute atomic E-state index is 9.47. The molecular formula is C91H117Cl7N32O5S7. The van der Waals surface area contributed by atoms with E-state index in [1.165, 1.54) is 51.1 Å². The molecule has 0 aliphatic carbocycles. The van der Waals surface area contributed by atoms with Gasteiger partial charge in [0.25, 0.3) is 10.1 Å². The lowest BCUT2D eigenvalue weighted by Gasteiger charge is -2.29. The molecular weight excluding hydrogens is 2090 g/mol. The third-order valence-corrected chi connectivity index (χ3v) is 24.9. The van der Waals surface area contributed by atoms with Crippen molar-refractivity contribution >= 4 is 206 Å². The van der Waals surface area contributed by atoms with Gasteiger partial charge < -0.3 is 128 Å². The van der Waals surface area contributed by atoms with Crippen LogP contribution in [0, 0.1) is 25.2 Å². The Bertz CT molecular complexity index is 6510. The van der Waals surface area contributed by atoms with E-state index in [1.54, 1.807) is 41.1 Å². The summed E-state index contributed by atoms with van der Waals surface area (Å²) in [5, 5.41) is 96.0. The second kappa shape index (κ2) is 64.1. The second-order valence-corrected chi connectivity index (χ2v) is 38.0. The molecule has 1 aliphatic rings. The molecule has 0 bridgehead atoms. The Morgan fingerprint density at radius 1 is 0.437 bits per heavy atom. The molecule has 0 spiro atoms. The molecule has 0 radical (unpaired) electrons. The van der Waals surface area contributed by atoms with Crippen LogP contribution in [-0.4, -0.2) is 141 Å². The number of anilines is 7. The summed E-state index contributed by atoms with van der Waals surface area (Å²) in [6, 6.07) is 49.5. The van der Waals surface area contributed by atoms with Crippen molar-refractivity contribution < 1.29 is 129 Å². The number of hydrogen-bond donors (Lipinski definition) is 1. The quantitative estimate of drug-likeness (QED) is 0.0401. The topological polar surface area (TPSA) is 352 Å². The summed E-state index contributed by atoms with van der Waals surface area (Å²) in [5.41, 5.74) is 15.0. The molecule has 7 aromatic carbocycles. The summed E-state index contributed by atoms with van der Waals surface area (Å²) in [4.78, 5) is 14.5. The molecule has 142 heavy (non-hydrogen) atoms. The van der Waals surface area contributed by atoms with Crippen LogP contribution in [0.1, 0.15) is 17.0 Å². The van der Waals surface area contributed by atoms with Gasteiger partial charge in [0.2, 0.25) is 5.82 Å². The summed E-state index contributed by atoms with van der Waals surface area (Å²) < 4.78 is 46.6. The molecule has 37 nitrogen and oxygen atoms in total. The first-order chi connectivity index (χ1) is 64.9. The Hall–Kier alpha value is -11.6. The SMILES string of the molecule is CN(C)c1ccc(N=Nc2scc[n+]2C)c(C#N)c1.CN(C)c1ccc(N=Nc2scc[n+]2C)c(Cl)c1.CN(C)c1ccc(N=Nc2scc[n+]2C)cc1.COc1cc(N=Nc2scc[n+]2C)ccc1N(C)C.CS(=O)(=O)O[O-].Cc1cc(N=Nc2scc[n+]2C)ccc1N(C)C.Cc1nsc(N=Nc2ccc(N(C)C)cc2)[n+]1C.Cn1cc[n+](C)c1N=Nc1ccc(N2CCNCC2)cc1.[Cl-].[Cl-].[Cl-].[Cl-].[Cl-].[Cl-]. The van der Waals surface area contributed by atoms with Crippen LogP contribution in [0.15, 0.2) is 287 Å². The van der Waals surface area contributed by atoms with Crippen molar-refractivity contribution in [2.75, 3.05) is 158 Å². The third kappa shape index (κ3) is 41.4. The van der Waals surface area contributed by atoms with Gasteiger partial charge in [0.15, 0.2) is 0 Å². The molecule has 8 heterocycles. The molecule has 1 fully saturated rings. The molecule has 15 rings (SSSR count). The predicted octanol–water partition coefficient (Wildman–Crippen LogP) is 0.806. The van der Waals surface area contributed by atoms with Crippen LogP contribution in [0.2, 0.25) is 5.02 Å². The van der Waals surface area contributed by atoms with Crippen LogP contribution < -0.4 is 156 Å². The minimum absolute atomic E-state index is 0. The molecule has 1 aliphatic heterocycles. The number of azo groups is 7. The predicted molar refractivity (Wildman–Crippen MR) is 544 cm³/mol. The molecule has 7 aromatic heterocycles. The monoisotopic (exact) mass is 2210 g/mol. The first kappa shape index (κ1) is 126. The standard InChI is InChI=1S/C15H21N6.C13H14N5S.C13H17N4OS.C13H17N4S.C12H14ClN4S.C12H16N5S.C12H15N4S.CH4O4S.6ClH/c1-19-11-12-20(2)15(19)18-17-13-3-5-14(6-4-13)21-9-7-16-8-10-21;1-17(2)11-4-5-12(10(8-11)9-14)15-16-13-18(3)6-7-19-13;1-16(2)11-6-5-10(9-12(11)18-4)14-15-13-17(3)7-8-19-13;1-10-9-11(5-6-12(10)16(2)3)14-15-13-17(4)7-8-18-13;1-16(2)9-4-5-11(10(13)8-9)14-15-12-17(3)6-7-18-12;1-9-15-18-12(17(9)4)14-13-10-5-7-11(8-6-10)16(2)3;1-15(2)11-6-4-10(5-7-11)13-14-12-16(3)8-9-17-12;1-6(3,4)5-2;;;;;;/h3-6,11-12,16H,7-10H2,1-2H3;4-8H,1-3H3;5-9H,1-4H3;5-9H,1-4H3;4-8H,1-3H3;5-8H,1-4H3;4-9H,1-3H3;2H,1H3;6*1H/q7*+1;;;;;;;/p-7. The van der Waals surface area contributed by atoms with Crippen molar-refractivity contribution in [3.05, 3.63) is 238 Å². The van der Waals surface area contributed by atoms with Gasteiger partial charge in [-0.3, -0.25) is 0 Å². The summed E-state index contributed by atoms with van der Waals surface area (Å²) in [6.45, 7) is 8.23. The van der Waals surface area contributed by atoms with Crippen LogP contribution in [-0.2, 0) is 70.8 Å². The van der Waals surface area contributed by atoms with Gasteiger partial charge in [-0.2, -0.15) is 5.26 Å². The van der Waals surface area contributed by atoms with E-state index in [4.69, 9.17) is 26.9 Å². The van der Waals surface area contributed by atoms with Crippen molar-refractivity contribution in [3.8, 4) is 11.8 Å². The second-order valence-electron chi connectivity index (χ2n) is 31.0. The van der Waals surface area contributed by atoms with E-state index in [9.17, 15) is 8.42 Å². The molecule has 51 heteroatoms. The van der Waals surface area contributed by atoms with Crippen LogP contribution in [0.5, 0.6) is 5.75 Å². The molecule has 0 saturated carbocycles. The Morgan fingerprint density at radius 3 is 1.13 bits per heavy atom. The van der Waals surface area contributed by atoms with Crippen molar-refractivity contribution in [2.24, 2.45) is 128 Å². The van der Waals surface area contributed by atoms with Gasteiger partial charge in [0.1, 0.15) is 94.1 Å². The van der Waals surface area contributed by atoms with E-state index in [1.807, 2.05) is 402 Å². The average molecular weight is 2210 g/mol. The molecule has 0 amide bonds. The van der Waals surface area contributed by atoms with Crippen molar-refractivity contribution in [2.45, 2.75) is 13.8 Å². The highest BCUT2D eigenvalue weighted by Crippen LogP contribution is 2.35. The molecule has 0 unspecified atom stereocenters. The van der Waals surface area contributed by atoms with Crippen LogP contribution >= 0.6 is 79.8 Å². The Morgan fingerprint density at radius 2 is 0.789 bits per heavy atom. The zero-order valence-electron chi connectivity index (χ0n) is 83.0. The highest BCUT2D eigenvalue weighted by Gasteiger charge is 2.19. The third-order valence-electron chi connectivity index (χ3n) is 19.3. The molecule has 1 N–H and O–H groups in total. The smallest absolute Gasteiger partial charge is 0.421 e. The number of nitrogens with one attached hydrogen (secondary N) is 1. The van der Waals surface area contributed by atoms with Gasteiger partial charge in [-0.15, -0.1) is 0 Å². The fraction of sp³-hybridized carbons (Fsp3) is 0.308. The maximum atomic E-state index is 9.47. The molecule has 0 atom stereocenters. The van der Waals surface area contributed by atoms with Crippen LogP contribution in [0.3, 0.4) is 0 Å². The van der Waals surface area contributed by atoms with Crippen LogP contribution in [0.4, 0.5) is 116 Å². The van der Waals surface area contributed by atoms with E-state index in [2.05, 4.69) is 132 Å². The summed E-state index contributed by atoms with van der Waals surface area (Å²) in [7, 11) is 37.4. The number of aromatic nitrogens is 9. The lowest BCUT2D eigenvalue weighted by molar-refractivity contribution is -0.662. The normalized spacial score (nSPS) is 11.3. The number of piperazine rings is 1. The zero-order chi connectivity index (χ0) is 99.1. The lowest BCUT2D eigenvalue weighted by Crippen LogP contribution is -3.00. The number of benzene rings is 7. The summed E-state index contributed by atoms with van der Waals surface area (Å²) in [5.74, 6) is 2.55. The number of hydrogen-bond acceptors (Lipinski definition) is 35. The number of halogens is 7. The number of thiazole rings is 5. The fourth-order valence-electron chi connectivity index (χ4n) is 11.4. The van der Waals surface area contributed by atoms with Gasteiger partial charge in [-0.05, 0) is 239 Å². The highest BCUT2D eigenvalue weighted by atomic mass is 35.5. The number of rotatable bonds is 23. The average Bonchev–Trinajstić information content (AvgIpc) is 1.29. The summed E-state index contributed by atoms with van der Waals surface area (Å²) in [6.07, 6.45) is 14.3. The number of methoxy groups -OCH3 is 1. The van der Waals surface area contributed by atoms with Gasteiger partial charge in [-0.25, -0.2) is 45.0 Å². The Labute approximate surface area is 897 Å². The highest BCUT2D eigenvalue weighted by molar-refractivity contribution is 7.85. The van der Waals surface area contributed by atoms with Gasteiger partial charge in [0.05, 0.1) is 124 Å². The molecule has 762 valence electrons. The van der Waals surface area contributed by atoms with Crippen molar-refractivity contribution in [3.63, 3.8) is 0 Å². The Kier molecular flexibility index (Phi) is 57.1. The number of aryl methyl sites for hydroxylation is 9. The van der Waals surface area contributed by atoms with E-state index in [-0.39, 0.29) is 74.4 Å². The maximum Gasteiger partial charge on any atom is 0.421 e. The van der Waals surface area contributed by atoms with E-state index < -0.39 is 10.1 Å². The van der Waals surface area contributed by atoms with Gasteiger partial charge in [0, 0.05) is 195 Å². The number of ether oxygens (including phenoxy) is 1. The number of imidazole rings is 1. The van der Waals surface area contributed by atoms with Crippen LogP contribution in [0.25, 0.3) is 0 Å². The number of nitrogens with zero attached hydrogens (tertiary/aromatic N) is 31.